The standard InChI is InChI=1S/C22H21N7O/c1-2-9-28-20-8-7-18(10-19(20)13-24-28)11-22(30)26-21-14-25-29(27-21)15-17-5-3-16(12-23)4-6-17/h3-8,10,13-14H,2,9,11,15H2,1H3,(H,26,27,30). The van der Waals surface area contributed by atoms with Crippen LogP contribution in [0.1, 0.15) is 30.0 Å². The Labute approximate surface area is 173 Å². The van der Waals surface area contributed by atoms with Crippen molar-refractivity contribution >= 4 is 22.6 Å². The first-order valence-corrected chi connectivity index (χ1v) is 9.78. The molecular formula is C22H21N7O. The van der Waals surface area contributed by atoms with Gasteiger partial charge in [-0.3, -0.25) is 9.48 Å². The molecule has 0 spiro atoms. The van der Waals surface area contributed by atoms with E-state index in [4.69, 9.17) is 5.26 Å². The number of benzene rings is 2. The van der Waals surface area contributed by atoms with E-state index >= 15 is 0 Å². The highest BCUT2D eigenvalue weighted by molar-refractivity contribution is 5.92. The first-order valence-electron chi connectivity index (χ1n) is 9.78. The Kier molecular flexibility index (Phi) is 5.52. The van der Waals surface area contributed by atoms with Crippen molar-refractivity contribution in [3.05, 3.63) is 71.5 Å². The first kappa shape index (κ1) is 19.3. The molecule has 0 atom stereocenters. The molecule has 1 N–H and O–H groups in total. The van der Waals surface area contributed by atoms with Crippen molar-refractivity contribution < 1.29 is 4.79 Å². The number of hydrogen-bond donors (Lipinski definition) is 1. The lowest BCUT2D eigenvalue weighted by Gasteiger charge is -2.04. The minimum Gasteiger partial charge on any atom is -0.308 e. The van der Waals surface area contributed by atoms with E-state index in [1.165, 1.54) is 11.0 Å². The third kappa shape index (κ3) is 4.36. The van der Waals surface area contributed by atoms with Gasteiger partial charge in [0.15, 0.2) is 5.82 Å². The van der Waals surface area contributed by atoms with E-state index in [1.807, 2.05) is 41.2 Å². The second-order valence-corrected chi connectivity index (χ2v) is 7.05. The Hall–Kier alpha value is -3.99. The van der Waals surface area contributed by atoms with Crippen LogP contribution in [0.4, 0.5) is 5.82 Å². The summed E-state index contributed by atoms with van der Waals surface area (Å²) < 4.78 is 1.98. The molecule has 0 aliphatic heterocycles. The fourth-order valence-corrected chi connectivity index (χ4v) is 3.29. The highest BCUT2D eigenvalue weighted by atomic mass is 16.1. The highest BCUT2D eigenvalue weighted by Gasteiger charge is 2.10. The van der Waals surface area contributed by atoms with Gasteiger partial charge in [-0.1, -0.05) is 25.1 Å². The van der Waals surface area contributed by atoms with Crippen LogP contribution in [0.15, 0.2) is 54.9 Å². The lowest BCUT2D eigenvalue weighted by Crippen LogP contribution is -2.15. The molecule has 0 fully saturated rings. The molecule has 2 heterocycles. The smallest absolute Gasteiger partial charge is 0.230 e. The van der Waals surface area contributed by atoms with E-state index in [2.05, 4.69) is 33.6 Å². The van der Waals surface area contributed by atoms with Gasteiger partial charge < -0.3 is 5.32 Å². The van der Waals surface area contributed by atoms with Crippen LogP contribution in [-0.2, 0) is 24.3 Å². The van der Waals surface area contributed by atoms with Gasteiger partial charge in [-0.15, -0.1) is 5.10 Å². The summed E-state index contributed by atoms with van der Waals surface area (Å²) in [5.74, 6) is 0.256. The lowest BCUT2D eigenvalue weighted by molar-refractivity contribution is -0.115. The maximum Gasteiger partial charge on any atom is 0.230 e. The van der Waals surface area contributed by atoms with Crippen LogP contribution in [0.3, 0.4) is 0 Å². The molecule has 4 rings (SSSR count). The van der Waals surface area contributed by atoms with E-state index < -0.39 is 0 Å². The molecule has 30 heavy (non-hydrogen) atoms. The van der Waals surface area contributed by atoms with E-state index in [1.54, 1.807) is 12.1 Å². The number of anilines is 1. The van der Waals surface area contributed by atoms with Crippen molar-refractivity contribution in [3.8, 4) is 6.07 Å². The molecule has 150 valence electrons. The number of carbonyl (C=O) groups excluding carboxylic acids is 1. The second-order valence-electron chi connectivity index (χ2n) is 7.05. The average Bonchev–Trinajstić information content (AvgIpc) is 3.35. The topological polar surface area (TPSA) is 101 Å². The zero-order valence-electron chi connectivity index (χ0n) is 16.6. The van der Waals surface area contributed by atoms with Gasteiger partial charge in [0.1, 0.15) is 0 Å². The molecule has 2 aromatic carbocycles. The van der Waals surface area contributed by atoms with Gasteiger partial charge in [0, 0.05) is 11.9 Å². The van der Waals surface area contributed by atoms with Crippen LogP contribution < -0.4 is 5.32 Å². The normalized spacial score (nSPS) is 10.8. The second kappa shape index (κ2) is 8.57. The van der Waals surface area contributed by atoms with Gasteiger partial charge in [-0.05, 0) is 41.8 Å². The minimum atomic E-state index is -0.152. The summed E-state index contributed by atoms with van der Waals surface area (Å²) in [5.41, 5.74) is 3.57. The molecule has 0 saturated carbocycles. The van der Waals surface area contributed by atoms with Crippen molar-refractivity contribution in [2.45, 2.75) is 32.9 Å². The van der Waals surface area contributed by atoms with Gasteiger partial charge >= 0.3 is 0 Å². The number of fused-ring (bicyclic) bond motifs is 1. The van der Waals surface area contributed by atoms with E-state index in [0.29, 0.717) is 17.9 Å². The predicted octanol–water partition coefficient (Wildman–Crippen LogP) is 3.14. The summed E-state index contributed by atoms with van der Waals surface area (Å²) in [7, 11) is 0. The molecule has 0 aliphatic carbocycles. The minimum absolute atomic E-state index is 0.152. The number of nitrogens with zero attached hydrogens (tertiary/aromatic N) is 6. The summed E-state index contributed by atoms with van der Waals surface area (Å²) in [6.07, 6.45) is 4.63. The fraction of sp³-hybridized carbons (Fsp3) is 0.227. The number of hydrogen-bond acceptors (Lipinski definition) is 5. The molecule has 8 nitrogen and oxygen atoms in total. The molecule has 0 unspecified atom stereocenters. The number of aromatic nitrogens is 5. The van der Waals surface area contributed by atoms with Crippen LogP contribution in [0.5, 0.6) is 0 Å². The van der Waals surface area contributed by atoms with Crippen LogP contribution >= 0.6 is 0 Å². The third-order valence-corrected chi connectivity index (χ3v) is 4.72. The molecule has 0 saturated heterocycles. The van der Waals surface area contributed by atoms with Gasteiger partial charge in [0.05, 0.1) is 42.5 Å². The largest absolute Gasteiger partial charge is 0.308 e. The highest BCUT2D eigenvalue weighted by Crippen LogP contribution is 2.17. The molecule has 4 aromatic rings. The van der Waals surface area contributed by atoms with E-state index in [9.17, 15) is 4.79 Å². The average molecular weight is 399 g/mol. The van der Waals surface area contributed by atoms with Crippen molar-refractivity contribution in [3.63, 3.8) is 0 Å². The maximum absolute atomic E-state index is 12.4. The Morgan fingerprint density at radius 3 is 2.67 bits per heavy atom. The zero-order valence-corrected chi connectivity index (χ0v) is 16.6. The van der Waals surface area contributed by atoms with E-state index in [-0.39, 0.29) is 12.3 Å². The van der Waals surface area contributed by atoms with Gasteiger partial charge in [0.2, 0.25) is 5.91 Å². The van der Waals surface area contributed by atoms with Gasteiger partial charge in [-0.2, -0.15) is 20.3 Å². The first-order chi connectivity index (χ1) is 14.6. The number of amides is 1. The number of nitrogens with one attached hydrogen (secondary N) is 1. The Bertz CT molecular complexity index is 1210. The zero-order chi connectivity index (χ0) is 20.9. The molecular weight excluding hydrogens is 378 g/mol. The predicted molar refractivity (Wildman–Crippen MR) is 113 cm³/mol. The number of aryl methyl sites for hydroxylation is 1. The summed E-state index contributed by atoms with van der Waals surface area (Å²) in [4.78, 5) is 13.9. The Balaban J connectivity index is 1.37. The molecule has 8 heteroatoms. The third-order valence-electron chi connectivity index (χ3n) is 4.72. The van der Waals surface area contributed by atoms with Crippen molar-refractivity contribution in [2.24, 2.45) is 0 Å². The van der Waals surface area contributed by atoms with E-state index in [0.717, 1.165) is 35.0 Å². The summed E-state index contributed by atoms with van der Waals surface area (Å²) in [5, 5.41) is 25.6. The quantitative estimate of drug-likeness (QED) is 0.514. The molecule has 0 aliphatic rings. The Morgan fingerprint density at radius 2 is 1.90 bits per heavy atom. The molecule has 1 amide bonds. The van der Waals surface area contributed by atoms with Crippen molar-refractivity contribution in [1.82, 2.24) is 24.8 Å². The lowest BCUT2D eigenvalue weighted by atomic mass is 10.1. The van der Waals surface area contributed by atoms with Gasteiger partial charge in [-0.25, -0.2) is 0 Å². The van der Waals surface area contributed by atoms with Gasteiger partial charge in [0.25, 0.3) is 0 Å². The van der Waals surface area contributed by atoms with Crippen molar-refractivity contribution in [2.75, 3.05) is 5.32 Å². The molecule has 2 aromatic heterocycles. The number of rotatable bonds is 7. The number of carbonyl (C=O) groups is 1. The monoisotopic (exact) mass is 399 g/mol. The molecule has 0 bridgehead atoms. The van der Waals surface area contributed by atoms with Crippen LogP contribution in [0.2, 0.25) is 0 Å². The SMILES string of the molecule is CCCn1ncc2cc(CC(=O)Nc3cnn(Cc4ccc(C#N)cc4)n3)ccc21. The fourth-order valence-electron chi connectivity index (χ4n) is 3.29. The number of nitriles is 1. The summed E-state index contributed by atoms with van der Waals surface area (Å²) in [6, 6.07) is 15.3. The van der Waals surface area contributed by atoms with Crippen molar-refractivity contribution in [1.29, 1.82) is 5.26 Å². The van der Waals surface area contributed by atoms with Crippen LogP contribution in [0.25, 0.3) is 10.9 Å². The summed E-state index contributed by atoms with van der Waals surface area (Å²) in [6.45, 7) is 3.45. The summed E-state index contributed by atoms with van der Waals surface area (Å²) >= 11 is 0. The van der Waals surface area contributed by atoms with Crippen LogP contribution in [-0.4, -0.2) is 30.7 Å². The van der Waals surface area contributed by atoms with Crippen LogP contribution in [0, 0.1) is 11.3 Å². The maximum atomic E-state index is 12.4. The Morgan fingerprint density at radius 1 is 1.10 bits per heavy atom. The molecule has 0 radical (unpaired) electrons.